The van der Waals surface area contributed by atoms with Crippen molar-refractivity contribution in [2.75, 3.05) is 0 Å². The third kappa shape index (κ3) is 7.21. The van der Waals surface area contributed by atoms with Gasteiger partial charge in [-0.1, -0.05) is 110 Å². The van der Waals surface area contributed by atoms with Gasteiger partial charge in [-0.15, -0.1) is 0 Å². The van der Waals surface area contributed by atoms with Gasteiger partial charge in [0, 0.05) is 0 Å². The smallest absolute Gasteiger partial charge is 0.00667 e. The van der Waals surface area contributed by atoms with Crippen molar-refractivity contribution in [3.05, 3.63) is 93.1 Å². The Labute approximate surface area is 247 Å². The molecule has 0 saturated carbocycles. The Morgan fingerprint density at radius 1 is 0.900 bits per heavy atom. The van der Waals surface area contributed by atoms with Crippen LogP contribution in [0.25, 0.3) is 0 Å². The van der Waals surface area contributed by atoms with Crippen molar-refractivity contribution >= 4 is 0 Å². The Hall–Kier alpha value is -2.08. The fourth-order valence-electron chi connectivity index (χ4n) is 8.06. The van der Waals surface area contributed by atoms with Gasteiger partial charge in [-0.25, -0.2) is 0 Å². The molecule has 0 N–H and O–H groups in total. The van der Waals surface area contributed by atoms with E-state index in [2.05, 4.69) is 91.8 Å². The molecule has 40 heavy (non-hydrogen) atoms. The van der Waals surface area contributed by atoms with E-state index in [1.165, 1.54) is 74.5 Å². The molecule has 0 radical (unpaired) electrons. The van der Waals surface area contributed by atoms with Crippen LogP contribution in [0.4, 0.5) is 0 Å². The van der Waals surface area contributed by atoms with E-state index in [1.54, 1.807) is 33.4 Å². The van der Waals surface area contributed by atoms with Crippen LogP contribution in [-0.2, 0) is 6.42 Å². The second kappa shape index (κ2) is 13.3. The number of rotatable bonds is 1. The normalized spacial score (nSPS) is 29.4. The zero-order valence-electron chi connectivity index (χ0n) is 27.3. The third-order valence-electron chi connectivity index (χ3n) is 11.0. The standard InChI is InChI=1S/C40H58/c1-27(2)34-17-13-28(3)11-10-12-29(4)14-18-36-26-33(8)38-20-16-32(7)37-19-15-30(5)23-35(37)24-31(6)25-39(38)40(36,9)22-21-34/h11,14-15,19,21,23,27,32,36,39H,6,10,12-13,16-18,20,22,24-26H2,1-5,7-9H3. The first-order chi connectivity index (χ1) is 19.0. The van der Waals surface area contributed by atoms with Crippen molar-refractivity contribution in [1.29, 1.82) is 0 Å². The summed E-state index contributed by atoms with van der Waals surface area (Å²) in [5, 5.41) is 0. The highest BCUT2D eigenvalue weighted by Crippen LogP contribution is 2.56. The van der Waals surface area contributed by atoms with Gasteiger partial charge < -0.3 is 0 Å². The fourth-order valence-corrected chi connectivity index (χ4v) is 8.06. The van der Waals surface area contributed by atoms with Gasteiger partial charge in [-0.05, 0) is 139 Å². The summed E-state index contributed by atoms with van der Waals surface area (Å²) in [6.45, 7) is 24.1. The summed E-state index contributed by atoms with van der Waals surface area (Å²) in [6, 6.07) is 7.15. The average Bonchev–Trinajstić information content (AvgIpc) is 2.88. The molecule has 3 aliphatic carbocycles. The molecule has 4 atom stereocenters. The summed E-state index contributed by atoms with van der Waals surface area (Å²) in [7, 11) is 0. The molecule has 0 spiro atoms. The third-order valence-corrected chi connectivity index (χ3v) is 11.0. The summed E-state index contributed by atoms with van der Waals surface area (Å²) < 4.78 is 0. The molecule has 0 bridgehead atoms. The van der Waals surface area contributed by atoms with E-state index in [1.807, 2.05) is 0 Å². The van der Waals surface area contributed by atoms with E-state index in [9.17, 15) is 0 Å². The molecule has 1 aromatic carbocycles. The van der Waals surface area contributed by atoms with Crippen molar-refractivity contribution in [1.82, 2.24) is 0 Å². The molecule has 0 heterocycles. The number of fused-ring (bicyclic) bond motifs is 4. The van der Waals surface area contributed by atoms with Gasteiger partial charge in [0.25, 0.3) is 0 Å². The summed E-state index contributed by atoms with van der Waals surface area (Å²) in [5.74, 6) is 2.48. The highest BCUT2D eigenvalue weighted by atomic mass is 14.5. The first kappa shape index (κ1) is 30.9. The van der Waals surface area contributed by atoms with Crippen LogP contribution in [0.3, 0.4) is 0 Å². The Morgan fingerprint density at radius 3 is 2.40 bits per heavy atom. The first-order valence-corrected chi connectivity index (χ1v) is 16.4. The Balaban J connectivity index is 1.77. The molecular formula is C40H58. The van der Waals surface area contributed by atoms with Crippen molar-refractivity contribution in [3.63, 3.8) is 0 Å². The number of benzene rings is 1. The lowest BCUT2D eigenvalue weighted by molar-refractivity contribution is 0.0957. The predicted molar refractivity (Wildman–Crippen MR) is 177 cm³/mol. The maximum Gasteiger partial charge on any atom is -0.00667 e. The first-order valence-electron chi connectivity index (χ1n) is 16.4. The second-order valence-electron chi connectivity index (χ2n) is 14.6. The number of hydrogen-bond donors (Lipinski definition) is 0. The molecule has 0 saturated heterocycles. The summed E-state index contributed by atoms with van der Waals surface area (Å²) >= 11 is 0. The Bertz CT molecular complexity index is 1190. The molecule has 218 valence electrons. The van der Waals surface area contributed by atoms with Gasteiger partial charge in [-0.3, -0.25) is 0 Å². The quantitative estimate of drug-likeness (QED) is 0.312. The molecule has 0 nitrogen and oxygen atoms in total. The molecule has 0 amide bonds. The van der Waals surface area contributed by atoms with E-state index in [-0.39, 0.29) is 5.41 Å². The molecule has 0 aliphatic heterocycles. The van der Waals surface area contributed by atoms with Gasteiger partial charge >= 0.3 is 0 Å². The van der Waals surface area contributed by atoms with Crippen LogP contribution < -0.4 is 0 Å². The van der Waals surface area contributed by atoms with E-state index >= 15 is 0 Å². The Kier molecular flexibility index (Phi) is 10.2. The summed E-state index contributed by atoms with van der Waals surface area (Å²) in [6.07, 6.45) is 20.9. The van der Waals surface area contributed by atoms with Crippen molar-refractivity contribution in [2.24, 2.45) is 23.2 Å². The van der Waals surface area contributed by atoms with E-state index in [0.717, 1.165) is 12.8 Å². The summed E-state index contributed by atoms with van der Waals surface area (Å²) in [4.78, 5) is 0. The predicted octanol–water partition coefficient (Wildman–Crippen LogP) is 12.2. The topological polar surface area (TPSA) is 0 Å². The lowest BCUT2D eigenvalue weighted by Crippen LogP contribution is -2.40. The molecule has 0 fully saturated rings. The lowest BCUT2D eigenvalue weighted by atomic mass is 9.54. The molecule has 1 aromatic rings. The molecule has 3 aliphatic rings. The van der Waals surface area contributed by atoms with Crippen molar-refractivity contribution < 1.29 is 0 Å². The SMILES string of the molecule is C=C1Cc2cc(C)ccc2C(C)CCC2=C(C)CC3CC=C(C)CCC=C(C)CCC(C(C)C)=CCC3(C)C2C1. The van der Waals surface area contributed by atoms with Crippen LogP contribution in [0.5, 0.6) is 0 Å². The summed E-state index contributed by atoms with van der Waals surface area (Å²) in [5.41, 5.74) is 14.4. The molecule has 0 heteroatoms. The maximum atomic E-state index is 4.76. The van der Waals surface area contributed by atoms with Crippen LogP contribution in [0.2, 0.25) is 0 Å². The minimum absolute atomic E-state index is 0.252. The van der Waals surface area contributed by atoms with E-state index < -0.39 is 0 Å². The number of aryl methyl sites for hydroxylation is 1. The number of allylic oxidation sites excluding steroid dienone is 9. The van der Waals surface area contributed by atoms with E-state index in [0.29, 0.717) is 23.7 Å². The average molecular weight is 539 g/mol. The lowest BCUT2D eigenvalue weighted by Gasteiger charge is -2.50. The zero-order valence-corrected chi connectivity index (χ0v) is 27.3. The van der Waals surface area contributed by atoms with Gasteiger partial charge in [-0.2, -0.15) is 0 Å². The van der Waals surface area contributed by atoms with Gasteiger partial charge in [0.05, 0.1) is 0 Å². The van der Waals surface area contributed by atoms with Gasteiger partial charge in [0.1, 0.15) is 0 Å². The van der Waals surface area contributed by atoms with Crippen LogP contribution in [0, 0.1) is 30.1 Å². The second-order valence-corrected chi connectivity index (χ2v) is 14.6. The highest BCUT2D eigenvalue weighted by Gasteiger charge is 2.45. The minimum atomic E-state index is 0.252. The van der Waals surface area contributed by atoms with E-state index in [4.69, 9.17) is 6.58 Å². The van der Waals surface area contributed by atoms with Crippen LogP contribution in [0.15, 0.2) is 76.4 Å². The van der Waals surface area contributed by atoms with Gasteiger partial charge in [0.15, 0.2) is 0 Å². The molecule has 0 aromatic heterocycles. The highest BCUT2D eigenvalue weighted by molar-refractivity contribution is 5.38. The largest absolute Gasteiger partial charge is 0.0995 e. The van der Waals surface area contributed by atoms with Crippen LogP contribution in [0.1, 0.15) is 135 Å². The Morgan fingerprint density at radius 2 is 1.65 bits per heavy atom. The van der Waals surface area contributed by atoms with Crippen molar-refractivity contribution in [2.45, 2.75) is 132 Å². The van der Waals surface area contributed by atoms with Crippen LogP contribution in [-0.4, -0.2) is 0 Å². The maximum absolute atomic E-state index is 4.76. The monoisotopic (exact) mass is 538 g/mol. The van der Waals surface area contributed by atoms with Gasteiger partial charge in [0.2, 0.25) is 0 Å². The fraction of sp³-hybridized carbons (Fsp3) is 0.600. The van der Waals surface area contributed by atoms with Crippen molar-refractivity contribution in [3.8, 4) is 0 Å². The zero-order chi connectivity index (χ0) is 29.0. The molecular weight excluding hydrogens is 480 g/mol. The van der Waals surface area contributed by atoms with Crippen LogP contribution >= 0.6 is 0 Å². The molecule has 4 rings (SSSR count). The minimum Gasteiger partial charge on any atom is -0.0995 e. The molecule has 4 unspecified atom stereocenters. The number of hydrogen-bond acceptors (Lipinski definition) is 0.